The number of hydrogen-bond donors (Lipinski definition) is 2. The first-order chi connectivity index (χ1) is 8.19. The molecule has 1 aromatic rings. The molecule has 4 heteroatoms. The quantitative estimate of drug-likeness (QED) is 0.706. The Morgan fingerprint density at radius 1 is 1.41 bits per heavy atom. The van der Waals surface area contributed by atoms with Gasteiger partial charge in [-0.25, -0.2) is 0 Å². The van der Waals surface area contributed by atoms with Crippen molar-refractivity contribution in [1.29, 1.82) is 0 Å². The van der Waals surface area contributed by atoms with Crippen molar-refractivity contribution < 1.29 is 9.84 Å². The summed E-state index contributed by atoms with van der Waals surface area (Å²) in [6.07, 6.45) is 1.09. The average molecular weight is 238 g/mol. The number of ether oxygens (including phenoxy) is 1. The highest BCUT2D eigenvalue weighted by Gasteiger charge is 2.09. The second-order valence-electron chi connectivity index (χ2n) is 4.16. The molecule has 0 saturated heterocycles. The fraction of sp³-hybridized carbons (Fsp3) is 0.538. The number of hydrogen-bond acceptors (Lipinski definition) is 4. The molecule has 0 aromatic heterocycles. The van der Waals surface area contributed by atoms with Crippen LogP contribution >= 0.6 is 0 Å². The van der Waals surface area contributed by atoms with E-state index in [4.69, 9.17) is 4.74 Å². The lowest BCUT2D eigenvalue weighted by atomic mass is 10.1. The number of benzene rings is 1. The zero-order valence-corrected chi connectivity index (χ0v) is 10.9. The van der Waals surface area contributed by atoms with Crippen LogP contribution in [0.3, 0.4) is 0 Å². The van der Waals surface area contributed by atoms with Crippen molar-refractivity contribution in [3.63, 3.8) is 0 Å². The number of rotatable bonds is 7. The lowest BCUT2D eigenvalue weighted by molar-refractivity contribution is 0.310. The Hall–Kier alpha value is -1.26. The van der Waals surface area contributed by atoms with E-state index in [0.29, 0.717) is 5.75 Å². The van der Waals surface area contributed by atoms with Crippen LogP contribution in [0.25, 0.3) is 0 Å². The third-order valence-corrected chi connectivity index (χ3v) is 2.71. The second-order valence-corrected chi connectivity index (χ2v) is 4.16. The van der Waals surface area contributed by atoms with Gasteiger partial charge in [0.25, 0.3) is 0 Å². The minimum Gasteiger partial charge on any atom is -0.504 e. The molecule has 1 rings (SSSR count). The average Bonchev–Trinajstić information content (AvgIpc) is 2.32. The summed E-state index contributed by atoms with van der Waals surface area (Å²) in [5, 5.41) is 13.1. The van der Waals surface area contributed by atoms with Gasteiger partial charge in [0.1, 0.15) is 0 Å². The van der Waals surface area contributed by atoms with Crippen LogP contribution in [0.4, 0.5) is 0 Å². The van der Waals surface area contributed by atoms with Crippen LogP contribution in [0.15, 0.2) is 18.2 Å². The Kier molecular flexibility index (Phi) is 5.80. The molecule has 0 amide bonds. The maximum Gasteiger partial charge on any atom is 0.162 e. The monoisotopic (exact) mass is 238 g/mol. The molecule has 0 heterocycles. The van der Waals surface area contributed by atoms with Crippen LogP contribution in [-0.4, -0.2) is 44.3 Å². The van der Waals surface area contributed by atoms with Gasteiger partial charge in [-0.2, -0.15) is 0 Å². The van der Waals surface area contributed by atoms with E-state index < -0.39 is 0 Å². The molecule has 0 saturated carbocycles. The van der Waals surface area contributed by atoms with Gasteiger partial charge < -0.3 is 20.1 Å². The van der Waals surface area contributed by atoms with Crippen LogP contribution in [0.5, 0.6) is 11.5 Å². The zero-order valence-electron chi connectivity index (χ0n) is 10.9. The molecule has 0 fully saturated rings. The first-order valence-electron chi connectivity index (χ1n) is 5.87. The summed E-state index contributed by atoms with van der Waals surface area (Å²) < 4.78 is 5.09. The highest BCUT2D eigenvalue weighted by Crippen LogP contribution is 2.29. The first kappa shape index (κ1) is 13.8. The molecule has 0 atom stereocenters. The minimum atomic E-state index is 0.246. The minimum absolute atomic E-state index is 0.246. The first-order valence-corrected chi connectivity index (χ1v) is 5.87. The van der Waals surface area contributed by atoms with Gasteiger partial charge in [-0.1, -0.05) is 12.1 Å². The number of aromatic hydroxyl groups is 1. The molecule has 96 valence electrons. The summed E-state index contributed by atoms with van der Waals surface area (Å²) in [6.45, 7) is 2.73. The summed E-state index contributed by atoms with van der Waals surface area (Å²) in [5.41, 5.74) is 0.899. The SMILES string of the molecule is CNCCCN(C)Cc1cccc(OC)c1O. The Bertz CT molecular complexity index is 342. The normalized spacial score (nSPS) is 10.8. The number of methoxy groups -OCH3 is 1. The molecule has 4 nitrogen and oxygen atoms in total. The Morgan fingerprint density at radius 2 is 2.18 bits per heavy atom. The number of phenols is 1. The van der Waals surface area contributed by atoms with E-state index >= 15 is 0 Å². The lowest BCUT2D eigenvalue weighted by Crippen LogP contribution is -2.22. The predicted molar refractivity (Wildman–Crippen MR) is 69.5 cm³/mol. The Balaban J connectivity index is 2.55. The molecule has 0 bridgehead atoms. The largest absolute Gasteiger partial charge is 0.504 e. The fourth-order valence-electron chi connectivity index (χ4n) is 1.76. The third kappa shape index (κ3) is 4.24. The van der Waals surface area contributed by atoms with Gasteiger partial charge in [-0.05, 0) is 39.7 Å². The molecule has 0 radical (unpaired) electrons. The highest BCUT2D eigenvalue weighted by molar-refractivity contribution is 5.45. The molecule has 17 heavy (non-hydrogen) atoms. The van der Waals surface area contributed by atoms with E-state index in [-0.39, 0.29) is 5.75 Å². The predicted octanol–water partition coefficient (Wildman–Crippen LogP) is 1.44. The van der Waals surface area contributed by atoms with Crippen molar-refractivity contribution in [3.05, 3.63) is 23.8 Å². The van der Waals surface area contributed by atoms with Crippen molar-refractivity contribution in [3.8, 4) is 11.5 Å². The van der Waals surface area contributed by atoms with Gasteiger partial charge in [0.15, 0.2) is 11.5 Å². The van der Waals surface area contributed by atoms with E-state index in [0.717, 1.165) is 31.6 Å². The topological polar surface area (TPSA) is 44.7 Å². The van der Waals surface area contributed by atoms with Gasteiger partial charge in [0.05, 0.1) is 7.11 Å². The molecular weight excluding hydrogens is 216 g/mol. The summed E-state index contributed by atoms with van der Waals surface area (Å²) in [6, 6.07) is 5.58. The van der Waals surface area contributed by atoms with E-state index in [1.54, 1.807) is 13.2 Å². The van der Waals surface area contributed by atoms with Crippen LogP contribution in [0.1, 0.15) is 12.0 Å². The van der Waals surface area contributed by atoms with Gasteiger partial charge in [-0.3, -0.25) is 0 Å². The standard InChI is InChI=1S/C13H22N2O2/c1-14-8-5-9-15(2)10-11-6-4-7-12(17-3)13(11)16/h4,6-7,14,16H,5,8-10H2,1-3H3. The van der Waals surface area contributed by atoms with E-state index in [1.165, 1.54) is 0 Å². The zero-order chi connectivity index (χ0) is 12.7. The van der Waals surface area contributed by atoms with Crippen LogP contribution in [0.2, 0.25) is 0 Å². The summed E-state index contributed by atoms with van der Waals surface area (Å²) in [5.74, 6) is 0.779. The van der Waals surface area contributed by atoms with E-state index in [1.807, 2.05) is 19.2 Å². The van der Waals surface area contributed by atoms with Crippen LogP contribution < -0.4 is 10.1 Å². The van der Waals surface area contributed by atoms with Crippen molar-refractivity contribution in [2.45, 2.75) is 13.0 Å². The highest BCUT2D eigenvalue weighted by atomic mass is 16.5. The van der Waals surface area contributed by atoms with Crippen molar-refractivity contribution in [1.82, 2.24) is 10.2 Å². The second kappa shape index (κ2) is 7.14. The number of nitrogens with one attached hydrogen (secondary N) is 1. The Labute approximate surface area is 103 Å². The molecule has 0 spiro atoms. The van der Waals surface area contributed by atoms with E-state index in [2.05, 4.69) is 17.3 Å². The third-order valence-electron chi connectivity index (χ3n) is 2.71. The van der Waals surface area contributed by atoms with Gasteiger partial charge in [0.2, 0.25) is 0 Å². The summed E-state index contributed by atoms with van der Waals surface area (Å²) in [4.78, 5) is 2.19. The van der Waals surface area contributed by atoms with Gasteiger partial charge in [0, 0.05) is 12.1 Å². The van der Waals surface area contributed by atoms with Crippen LogP contribution in [0, 0.1) is 0 Å². The maximum atomic E-state index is 9.95. The smallest absolute Gasteiger partial charge is 0.162 e. The number of para-hydroxylation sites is 1. The summed E-state index contributed by atoms with van der Waals surface area (Å²) in [7, 11) is 5.57. The summed E-state index contributed by atoms with van der Waals surface area (Å²) >= 11 is 0. The molecule has 1 aromatic carbocycles. The van der Waals surface area contributed by atoms with Crippen molar-refractivity contribution in [2.75, 3.05) is 34.3 Å². The van der Waals surface area contributed by atoms with E-state index in [9.17, 15) is 5.11 Å². The number of phenolic OH excluding ortho intramolecular Hbond substituents is 1. The van der Waals surface area contributed by atoms with Gasteiger partial charge >= 0.3 is 0 Å². The lowest BCUT2D eigenvalue weighted by Gasteiger charge is -2.18. The Morgan fingerprint density at radius 3 is 2.82 bits per heavy atom. The van der Waals surface area contributed by atoms with Crippen molar-refractivity contribution >= 4 is 0 Å². The molecule has 0 aliphatic carbocycles. The number of nitrogens with zero attached hydrogens (tertiary/aromatic N) is 1. The molecule has 0 aliphatic rings. The fourth-order valence-corrected chi connectivity index (χ4v) is 1.76. The molecular formula is C13H22N2O2. The molecule has 0 aliphatic heterocycles. The van der Waals surface area contributed by atoms with Gasteiger partial charge in [-0.15, -0.1) is 0 Å². The van der Waals surface area contributed by atoms with Crippen LogP contribution in [-0.2, 0) is 6.54 Å². The maximum absolute atomic E-state index is 9.95. The molecule has 2 N–H and O–H groups in total. The molecule has 0 unspecified atom stereocenters. The van der Waals surface area contributed by atoms with Crippen molar-refractivity contribution in [2.24, 2.45) is 0 Å².